The highest BCUT2D eigenvalue weighted by Crippen LogP contribution is 2.29. The lowest BCUT2D eigenvalue weighted by molar-refractivity contribution is -0.384. The fourth-order valence-electron chi connectivity index (χ4n) is 2.11. The van der Waals surface area contributed by atoms with Crippen LogP contribution in [0.4, 0.5) is 5.69 Å². The number of carboxylic acids is 1. The molecule has 2 N–H and O–H groups in total. The van der Waals surface area contributed by atoms with Crippen LogP contribution in [-0.4, -0.2) is 33.3 Å². The normalized spacial score (nSPS) is 22.2. The third-order valence-electron chi connectivity index (χ3n) is 3.10. The number of benzene rings is 1. The van der Waals surface area contributed by atoms with Gasteiger partial charge in [0.25, 0.3) is 5.69 Å². The molecule has 1 saturated carbocycles. The summed E-state index contributed by atoms with van der Waals surface area (Å²) in [5, 5.41) is 29.3. The van der Waals surface area contributed by atoms with Crippen molar-refractivity contribution >= 4 is 11.7 Å². The maximum atomic E-state index is 11.1. The number of hydrogen-bond acceptors (Lipinski definition) is 5. The molecule has 0 heterocycles. The van der Waals surface area contributed by atoms with Crippen LogP contribution in [0, 0.1) is 10.1 Å². The van der Waals surface area contributed by atoms with Gasteiger partial charge >= 0.3 is 5.97 Å². The predicted octanol–water partition coefficient (Wildman–Crippen LogP) is 1.59. The van der Waals surface area contributed by atoms with Crippen molar-refractivity contribution in [3.8, 4) is 5.75 Å². The molecule has 102 valence electrons. The molecule has 2 atom stereocenters. The fourth-order valence-corrected chi connectivity index (χ4v) is 2.11. The maximum Gasteiger partial charge on any atom is 0.339 e. The van der Waals surface area contributed by atoms with E-state index in [1.807, 2.05) is 0 Å². The topological polar surface area (TPSA) is 110 Å². The van der Waals surface area contributed by atoms with E-state index in [1.165, 1.54) is 12.1 Å². The van der Waals surface area contributed by atoms with Gasteiger partial charge in [0, 0.05) is 12.1 Å². The number of aliphatic hydroxyl groups excluding tert-OH is 1. The molecule has 1 aromatic rings. The number of ether oxygens (including phenoxy) is 1. The van der Waals surface area contributed by atoms with Gasteiger partial charge in [-0.2, -0.15) is 0 Å². The first-order chi connectivity index (χ1) is 8.99. The lowest BCUT2D eigenvalue weighted by Crippen LogP contribution is -2.26. The van der Waals surface area contributed by atoms with E-state index in [-0.39, 0.29) is 17.0 Å². The van der Waals surface area contributed by atoms with Crippen LogP contribution in [0.5, 0.6) is 5.75 Å². The summed E-state index contributed by atoms with van der Waals surface area (Å²) in [6, 6.07) is 3.40. The van der Waals surface area contributed by atoms with Gasteiger partial charge in [-0.1, -0.05) is 0 Å². The van der Waals surface area contributed by atoms with Crippen molar-refractivity contribution in [2.24, 2.45) is 0 Å². The Morgan fingerprint density at radius 1 is 1.42 bits per heavy atom. The SMILES string of the molecule is O=C(O)c1cc([N+](=O)[O-])ccc1OC1CCCC1O. The molecule has 0 aromatic heterocycles. The molecule has 1 aliphatic carbocycles. The summed E-state index contributed by atoms with van der Waals surface area (Å²) < 4.78 is 5.46. The Kier molecular flexibility index (Phi) is 3.66. The first-order valence-corrected chi connectivity index (χ1v) is 5.85. The Morgan fingerprint density at radius 2 is 2.16 bits per heavy atom. The predicted molar refractivity (Wildman–Crippen MR) is 64.3 cm³/mol. The molecule has 7 heteroatoms. The molecule has 1 aliphatic rings. The van der Waals surface area contributed by atoms with Crippen LogP contribution >= 0.6 is 0 Å². The van der Waals surface area contributed by atoms with Crippen LogP contribution in [0.2, 0.25) is 0 Å². The zero-order valence-corrected chi connectivity index (χ0v) is 9.98. The first-order valence-electron chi connectivity index (χ1n) is 5.85. The zero-order valence-electron chi connectivity index (χ0n) is 9.98. The van der Waals surface area contributed by atoms with E-state index >= 15 is 0 Å². The van der Waals surface area contributed by atoms with Gasteiger partial charge in [0.2, 0.25) is 0 Å². The summed E-state index contributed by atoms with van der Waals surface area (Å²) in [5.41, 5.74) is -0.579. The molecule has 0 saturated heterocycles. The zero-order chi connectivity index (χ0) is 14.0. The van der Waals surface area contributed by atoms with Crippen molar-refractivity contribution in [2.75, 3.05) is 0 Å². The van der Waals surface area contributed by atoms with Gasteiger partial charge in [-0.25, -0.2) is 4.79 Å². The number of nitro groups is 1. The second-order valence-corrected chi connectivity index (χ2v) is 4.40. The van der Waals surface area contributed by atoms with Crippen LogP contribution < -0.4 is 4.74 Å². The minimum atomic E-state index is -1.30. The van der Waals surface area contributed by atoms with E-state index in [0.717, 1.165) is 12.5 Å². The van der Waals surface area contributed by atoms with Crippen molar-refractivity contribution in [2.45, 2.75) is 31.5 Å². The molecule has 0 bridgehead atoms. The van der Waals surface area contributed by atoms with Crippen LogP contribution in [-0.2, 0) is 0 Å². The van der Waals surface area contributed by atoms with E-state index in [2.05, 4.69) is 0 Å². The number of hydrogen-bond donors (Lipinski definition) is 2. The molecule has 2 rings (SSSR count). The lowest BCUT2D eigenvalue weighted by atomic mass is 10.1. The van der Waals surface area contributed by atoms with Crippen molar-refractivity contribution in [3.05, 3.63) is 33.9 Å². The van der Waals surface area contributed by atoms with Gasteiger partial charge in [-0.3, -0.25) is 10.1 Å². The highest BCUT2D eigenvalue weighted by Gasteiger charge is 2.28. The first kappa shape index (κ1) is 13.3. The summed E-state index contributed by atoms with van der Waals surface area (Å²) in [4.78, 5) is 21.0. The number of rotatable bonds is 4. The molecule has 0 spiro atoms. The number of aliphatic hydroxyl groups is 1. The molecular formula is C12H13NO6. The highest BCUT2D eigenvalue weighted by atomic mass is 16.6. The van der Waals surface area contributed by atoms with Crippen LogP contribution in [0.25, 0.3) is 0 Å². The monoisotopic (exact) mass is 267 g/mol. The third-order valence-corrected chi connectivity index (χ3v) is 3.10. The Bertz CT molecular complexity index is 515. The average Bonchev–Trinajstić information content (AvgIpc) is 2.75. The van der Waals surface area contributed by atoms with Gasteiger partial charge in [0.05, 0.1) is 11.0 Å². The Labute approximate surface area is 108 Å². The Hall–Kier alpha value is -2.15. The number of non-ortho nitro benzene ring substituents is 1. The second-order valence-electron chi connectivity index (χ2n) is 4.40. The smallest absolute Gasteiger partial charge is 0.339 e. The molecule has 7 nitrogen and oxygen atoms in total. The number of carbonyl (C=O) groups is 1. The van der Waals surface area contributed by atoms with Crippen molar-refractivity contribution in [3.63, 3.8) is 0 Å². The van der Waals surface area contributed by atoms with E-state index in [9.17, 15) is 20.0 Å². The maximum absolute atomic E-state index is 11.1. The summed E-state index contributed by atoms with van der Waals surface area (Å²) >= 11 is 0. The molecule has 1 aromatic carbocycles. The largest absolute Gasteiger partial charge is 0.487 e. The van der Waals surface area contributed by atoms with Gasteiger partial charge in [-0.15, -0.1) is 0 Å². The summed E-state index contributed by atoms with van der Waals surface area (Å²) in [6.07, 6.45) is 0.967. The number of aromatic carboxylic acids is 1. The van der Waals surface area contributed by atoms with E-state index in [1.54, 1.807) is 0 Å². The summed E-state index contributed by atoms with van der Waals surface area (Å²) in [7, 11) is 0. The molecule has 0 amide bonds. The Balaban J connectivity index is 2.29. The van der Waals surface area contributed by atoms with E-state index in [0.29, 0.717) is 12.8 Å². The second kappa shape index (κ2) is 5.23. The van der Waals surface area contributed by atoms with Crippen molar-refractivity contribution in [1.82, 2.24) is 0 Å². The molecule has 19 heavy (non-hydrogen) atoms. The molecular weight excluding hydrogens is 254 g/mol. The highest BCUT2D eigenvalue weighted by molar-refractivity contribution is 5.91. The van der Waals surface area contributed by atoms with Crippen molar-refractivity contribution in [1.29, 1.82) is 0 Å². The minimum Gasteiger partial charge on any atom is -0.487 e. The lowest BCUT2D eigenvalue weighted by Gasteiger charge is -2.18. The molecule has 0 radical (unpaired) electrons. The minimum absolute atomic E-state index is 0.0454. The Morgan fingerprint density at radius 3 is 2.68 bits per heavy atom. The molecule has 1 fully saturated rings. The van der Waals surface area contributed by atoms with Crippen LogP contribution in [0.1, 0.15) is 29.6 Å². The molecule has 2 unspecified atom stereocenters. The van der Waals surface area contributed by atoms with Gasteiger partial charge in [0.1, 0.15) is 17.4 Å². The fraction of sp³-hybridized carbons (Fsp3) is 0.417. The van der Waals surface area contributed by atoms with Gasteiger partial charge in [0.15, 0.2) is 0 Å². The van der Waals surface area contributed by atoms with Crippen LogP contribution in [0.15, 0.2) is 18.2 Å². The molecule has 0 aliphatic heterocycles. The summed E-state index contributed by atoms with van der Waals surface area (Å²) in [6.45, 7) is 0. The number of nitrogens with zero attached hydrogens (tertiary/aromatic N) is 1. The average molecular weight is 267 g/mol. The number of carboxylic acid groups (broad SMARTS) is 1. The standard InChI is InChI=1S/C12H13NO6/c14-9-2-1-3-11(9)19-10-5-4-7(13(17)18)6-8(10)12(15)16/h4-6,9,11,14H,1-3H2,(H,15,16). The van der Waals surface area contributed by atoms with E-state index in [4.69, 9.17) is 9.84 Å². The van der Waals surface area contributed by atoms with Crippen LogP contribution in [0.3, 0.4) is 0 Å². The number of nitro benzene ring substituents is 1. The van der Waals surface area contributed by atoms with Crippen molar-refractivity contribution < 1.29 is 24.7 Å². The van der Waals surface area contributed by atoms with Gasteiger partial charge in [-0.05, 0) is 25.3 Å². The van der Waals surface area contributed by atoms with Gasteiger partial charge < -0.3 is 14.9 Å². The third kappa shape index (κ3) is 2.82. The quantitative estimate of drug-likeness (QED) is 0.633. The summed E-state index contributed by atoms with van der Waals surface area (Å²) in [5.74, 6) is -1.25. The van der Waals surface area contributed by atoms with E-state index < -0.39 is 23.1 Å².